The van der Waals surface area contributed by atoms with Crippen LogP contribution in [0.2, 0.25) is 0 Å². The van der Waals surface area contributed by atoms with Crippen molar-refractivity contribution in [2.75, 3.05) is 18.4 Å². The highest BCUT2D eigenvalue weighted by atomic mass is 16.7. The Labute approximate surface area is 149 Å². The van der Waals surface area contributed by atoms with Crippen LogP contribution in [-0.4, -0.2) is 35.7 Å². The van der Waals surface area contributed by atoms with Crippen LogP contribution in [0, 0.1) is 0 Å². The zero-order valence-corrected chi connectivity index (χ0v) is 15.1. The van der Waals surface area contributed by atoms with Crippen LogP contribution < -0.4 is 14.8 Å². The second-order valence-electron chi connectivity index (χ2n) is 7.52. The Hall–Kier alpha value is -1.75. The minimum atomic E-state index is -0.452. The molecule has 1 N–H and O–H groups in total. The third kappa shape index (κ3) is 3.34. The Kier molecular flexibility index (Phi) is 4.59. The molecule has 2 fully saturated rings. The van der Waals surface area contributed by atoms with Gasteiger partial charge in [-0.05, 0) is 57.3 Å². The molecule has 1 aliphatic carbocycles. The van der Waals surface area contributed by atoms with Crippen LogP contribution in [-0.2, 0) is 4.79 Å². The molecule has 5 heteroatoms. The molecule has 5 nitrogen and oxygen atoms in total. The van der Waals surface area contributed by atoms with E-state index in [1.54, 1.807) is 0 Å². The summed E-state index contributed by atoms with van der Waals surface area (Å²) in [5.74, 6) is 1.20. The van der Waals surface area contributed by atoms with Gasteiger partial charge in [0.25, 0.3) is 5.79 Å². The van der Waals surface area contributed by atoms with Crippen molar-refractivity contribution in [2.45, 2.75) is 70.1 Å². The minimum Gasteiger partial charge on any atom is -0.448 e. The molecule has 1 aromatic rings. The van der Waals surface area contributed by atoms with Crippen LogP contribution in [0.3, 0.4) is 0 Å². The standard InChI is InChI=1S/C20H28N2O3/c1-2-12-22-13-6-3-7-16(22)19(23)21-15-8-9-17-18(14-15)25-20(24-17)10-4-5-11-20/h8-9,14,16H,2-7,10-13H2,1H3,(H,21,23). The van der Waals surface area contributed by atoms with E-state index in [4.69, 9.17) is 9.47 Å². The van der Waals surface area contributed by atoms with E-state index in [-0.39, 0.29) is 11.9 Å². The van der Waals surface area contributed by atoms with Crippen molar-refractivity contribution in [3.8, 4) is 11.5 Å². The van der Waals surface area contributed by atoms with E-state index < -0.39 is 5.79 Å². The molecule has 2 aliphatic heterocycles. The predicted octanol–water partition coefficient (Wildman–Crippen LogP) is 3.93. The van der Waals surface area contributed by atoms with Crippen LogP contribution in [0.1, 0.15) is 58.3 Å². The highest BCUT2D eigenvalue weighted by molar-refractivity contribution is 5.95. The zero-order valence-electron chi connectivity index (χ0n) is 15.1. The van der Waals surface area contributed by atoms with E-state index in [0.717, 1.165) is 75.2 Å². The lowest BCUT2D eigenvalue weighted by atomic mass is 10.0. The lowest BCUT2D eigenvalue weighted by Gasteiger charge is -2.34. The van der Waals surface area contributed by atoms with Crippen LogP contribution >= 0.6 is 0 Å². The highest BCUT2D eigenvalue weighted by Crippen LogP contribution is 2.47. The van der Waals surface area contributed by atoms with Crippen molar-refractivity contribution in [3.05, 3.63) is 18.2 Å². The number of nitrogens with zero attached hydrogens (tertiary/aromatic N) is 1. The van der Waals surface area contributed by atoms with E-state index in [1.165, 1.54) is 6.42 Å². The van der Waals surface area contributed by atoms with Gasteiger partial charge in [-0.3, -0.25) is 9.69 Å². The van der Waals surface area contributed by atoms with Gasteiger partial charge in [-0.25, -0.2) is 0 Å². The Morgan fingerprint density at radius 1 is 1.20 bits per heavy atom. The number of hydrogen-bond acceptors (Lipinski definition) is 4. The number of nitrogens with one attached hydrogen (secondary N) is 1. The SMILES string of the molecule is CCCN1CCCCC1C(=O)Nc1ccc2c(c1)OC1(CCCC1)O2. The maximum atomic E-state index is 12.8. The molecule has 1 saturated carbocycles. The van der Waals surface area contributed by atoms with Gasteiger partial charge in [0.2, 0.25) is 5.91 Å². The van der Waals surface area contributed by atoms with E-state index in [0.29, 0.717) is 0 Å². The molecule has 25 heavy (non-hydrogen) atoms. The molecule has 2 heterocycles. The largest absolute Gasteiger partial charge is 0.448 e. The monoisotopic (exact) mass is 344 g/mol. The molecular weight excluding hydrogens is 316 g/mol. The van der Waals surface area contributed by atoms with Crippen LogP contribution in [0.25, 0.3) is 0 Å². The molecule has 0 aromatic heterocycles. The fraction of sp³-hybridized carbons (Fsp3) is 0.650. The minimum absolute atomic E-state index is 0.0136. The summed E-state index contributed by atoms with van der Waals surface area (Å²) in [6.07, 6.45) is 8.52. The number of carbonyl (C=O) groups excluding carboxylic acids is 1. The third-order valence-corrected chi connectivity index (χ3v) is 5.60. The van der Waals surface area contributed by atoms with Crippen molar-refractivity contribution >= 4 is 11.6 Å². The maximum absolute atomic E-state index is 12.8. The third-order valence-electron chi connectivity index (χ3n) is 5.60. The lowest BCUT2D eigenvalue weighted by Crippen LogP contribution is -2.47. The van der Waals surface area contributed by atoms with E-state index >= 15 is 0 Å². The van der Waals surface area contributed by atoms with Gasteiger partial charge >= 0.3 is 0 Å². The summed E-state index contributed by atoms with van der Waals surface area (Å²) in [5.41, 5.74) is 0.796. The fourth-order valence-electron chi connectivity index (χ4n) is 4.36. The zero-order chi connectivity index (χ0) is 17.3. The molecule has 4 rings (SSSR count). The summed E-state index contributed by atoms with van der Waals surface area (Å²) in [4.78, 5) is 15.1. The number of anilines is 1. The number of fused-ring (bicyclic) bond motifs is 1. The molecule has 3 aliphatic rings. The summed E-state index contributed by atoms with van der Waals surface area (Å²) in [7, 11) is 0. The van der Waals surface area contributed by atoms with Crippen molar-refractivity contribution < 1.29 is 14.3 Å². The van der Waals surface area contributed by atoms with Crippen molar-refractivity contribution in [1.29, 1.82) is 0 Å². The molecular formula is C20H28N2O3. The molecule has 1 aromatic carbocycles. The van der Waals surface area contributed by atoms with Gasteiger partial charge in [0.05, 0.1) is 6.04 Å². The van der Waals surface area contributed by atoms with Crippen LogP contribution in [0.5, 0.6) is 11.5 Å². The van der Waals surface area contributed by atoms with Gasteiger partial charge in [0.1, 0.15) is 0 Å². The number of piperidine rings is 1. The summed E-state index contributed by atoms with van der Waals surface area (Å²) in [6, 6.07) is 5.73. The Morgan fingerprint density at radius 2 is 2.00 bits per heavy atom. The first-order valence-corrected chi connectivity index (χ1v) is 9.76. The Morgan fingerprint density at radius 3 is 2.80 bits per heavy atom. The van der Waals surface area contributed by atoms with E-state index in [1.807, 2.05) is 18.2 Å². The summed E-state index contributed by atoms with van der Waals surface area (Å²) >= 11 is 0. The number of benzene rings is 1. The average Bonchev–Trinajstić information content (AvgIpc) is 3.21. The van der Waals surface area contributed by atoms with E-state index in [2.05, 4.69) is 17.1 Å². The van der Waals surface area contributed by atoms with Crippen molar-refractivity contribution in [3.63, 3.8) is 0 Å². The molecule has 0 radical (unpaired) electrons. The molecule has 0 bridgehead atoms. The second kappa shape index (κ2) is 6.87. The Bertz CT molecular complexity index is 638. The van der Waals surface area contributed by atoms with Crippen LogP contribution in [0.15, 0.2) is 18.2 Å². The van der Waals surface area contributed by atoms with Crippen LogP contribution in [0.4, 0.5) is 5.69 Å². The number of likely N-dealkylation sites (tertiary alicyclic amines) is 1. The molecule has 136 valence electrons. The molecule has 1 spiro atoms. The first-order valence-electron chi connectivity index (χ1n) is 9.76. The number of carbonyl (C=O) groups is 1. The predicted molar refractivity (Wildman–Crippen MR) is 97.0 cm³/mol. The topological polar surface area (TPSA) is 50.8 Å². The van der Waals surface area contributed by atoms with Gasteiger partial charge in [-0.15, -0.1) is 0 Å². The van der Waals surface area contributed by atoms with Crippen molar-refractivity contribution in [1.82, 2.24) is 4.90 Å². The lowest BCUT2D eigenvalue weighted by molar-refractivity contribution is -0.122. The summed E-state index contributed by atoms with van der Waals surface area (Å²) in [6.45, 7) is 4.18. The average molecular weight is 344 g/mol. The number of hydrogen-bond donors (Lipinski definition) is 1. The second-order valence-corrected chi connectivity index (χ2v) is 7.52. The van der Waals surface area contributed by atoms with Gasteiger partial charge in [-0.1, -0.05) is 13.3 Å². The quantitative estimate of drug-likeness (QED) is 0.899. The smallest absolute Gasteiger partial charge is 0.251 e. The number of rotatable bonds is 4. The molecule has 1 atom stereocenters. The molecule has 1 amide bonds. The highest BCUT2D eigenvalue weighted by Gasteiger charge is 2.44. The summed E-state index contributed by atoms with van der Waals surface area (Å²) < 4.78 is 12.1. The van der Waals surface area contributed by atoms with Gasteiger partial charge in [0.15, 0.2) is 11.5 Å². The first-order chi connectivity index (χ1) is 12.2. The van der Waals surface area contributed by atoms with Gasteiger partial charge in [-0.2, -0.15) is 0 Å². The molecule has 1 unspecified atom stereocenters. The first kappa shape index (κ1) is 16.7. The Balaban J connectivity index is 1.44. The number of ether oxygens (including phenoxy) is 2. The fourth-order valence-corrected chi connectivity index (χ4v) is 4.36. The summed E-state index contributed by atoms with van der Waals surface area (Å²) in [5, 5.41) is 3.09. The van der Waals surface area contributed by atoms with Gasteiger partial charge < -0.3 is 14.8 Å². The normalized spacial score (nSPS) is 24.6. The molecule has 1 saturated heterocycles. The van der Waals surface area contributed by atoms with E-state index in [9.17, 15) is 4.79 Å². The van der Waals surface area contributed by atoms with Gasteiger partial charge in [0, 0.05) is 24.6 Å². The van der Waals surface area contributed by atoms with Crippen molar-refractivity contribution in [2.24, 2.45) is 0 Å². The number of amides is 1. The maximum Gasteiger partial charge on any atom is 0.251 e.